The van der Waals surface area contributed by atoms with E-state index in [1.54, 1.807) is 19.2 Å². The van der Waals surface area contributed by atoms with Gasteiger partial charge in [-0.05, 0) is 24.6 Å². The van der Waals surface area contributed by atoms with E-state index in [2.05, 4.69) is 20.3 Å². The zero-order chi connectivity index (χ0) is 13.0. The molecule has 0 saturated heterocycles. The molecule has 18 heavy (non-hydrogen) atoms. The first kappa shape index (κ1) is 12.0. The van der Waals surface area contributed by atoms with Crippen molar-refractivity contribution < 1.29 is 14.1 Å². The normalized spacial score (nSPS) is 9.89. The highest BCUT2D eigenvalue weighted by Crippen LogP contribution is 2.25. The molecule has 0 unspecified atom stereocenters. The van der Waals surface area contributed by atoms with Crippen molar-refractivity contribution in [1.82, 2.24) is 5.16 Å². The fraction of sp³-hybridized carbons (Fsp3) is 0.167. The minimum Gasteiger partial charge on any atom is -0.495 e. The summed E-state index contributed by atoms with van der Waals surface area (Å²) in [4.78, 5) is 11.7. The fourth-order valence-electron chi connectivity index (χ4n) is 1.47. The quantitative estimate of drug-likeness (QED) is 0.874. The van der Waals surface area contributed by atoms with Crippen LogP contribution in [0.3, 0.4) is 0 Å². The van der Waals surface area contributed by atoms with Crippen LogP contribution in [0, 0.1) is 6.92 Å². The Labute approximate surface area is 104 Å². The highest BCUT2D eigenvalue weighted by atomic mass is 16.5. The molecule has 6 nitrogen and oxygen atoms in total. The van der Waals surface area contributed by atoms with Gasteiger partial charge in [0.05, 0.1) is 12.8 Å². The molecular formula is C12H13N3O3. The number of carbonyl (C=O) groups excluding carboxylic acids is 1. The predicted octanol–water partition coefficient (Wildman–Crippen LogP) is 2.64. The molecule has 1 aromatic carbocycles. The Morgan fingerprint density at radius 2 is 2.17 bits per heavy atom. The second-order valence-corrected chi connectivity index (χ2v) is 3.67. The van der Waals surface area contributed by atoms with Gasteiger partial charge in [-0.25, -0.2) is 4.79 Å². The van der Waals surface area contributed by atoms with Gasteiger partial charge in [-0.3, -0.25) is 5.32 Å². The largest absolute Gasteiger partial charge is 0.495 e. The van der Waals surface area contributed by atoms with E-state index in [0.29, 0.717) is 17.3 Å². The van der Waals surface area contributed by atoms with E-state index >= 15 is 0 Å². The lowest BCUT2D eigenvalue weighted by molar-refractivity contribution is 0.261. The number of hydrogen-bond acceptors (Lipinski definition) is 4. The molecule has 94 valence electrons. The molecule has 2 aromatic rings. The summed E-state index contributed by atoms with van der Waals surface area (Å²) in [5.41, 5.74) is 1.62. The van der Waals surface area contributed by atoms with E-state index in [9.17, 15) is 4.79 Å². The molecule has 1 heterocycles. The molecule has 0 atom stereocenters. The highest BCUT2D eigenvalue weighted by molar-refractivity contribution is 6.00. The first-order chi connectivity index (χ1) is 8.69. The molecule has 2 rings (SSSR count). The number of nitrogens with one attached hydrogen (secondary N) is 2. The van der Waals surface area contributed by atoms with Crippen molar-refractivity contribution in [3.8, 4) is 5.75 Å². The molecule has 0 bridgehead atoms. The number of urea groups is 1. The number of carbonyl (C=O) groups is 1. The van der Waals surface area contributed by atoms with Gasteiger partial charge in [0.15, 0.2) is 5.82 Å². The topological polar surface area (TPSA) is 76.4 Å². The first-order valence-electron chi connectivity index (χ1n) is 5.32. The van der Waals surface area contributed by atoms with Crippen LogP contribution in [0.4, 0.5) is 16.3 Å². The van der Waals surface area contributed by atoms with Crippen LogP contribution < -0.4 is 15.4 Å². The van der Waals surface area contributed by atoms with Gasteiger partial charge in [-0.15, -0.1) is 0 Å². The van der Waals surface area contributed by atoms with E-state index in [-0.39, 0.29) is 0 Å². The van der Waals surface area contributed by atoms with Gasteiger partial charge in [0.25, 0.3) is 0 Å². The fourth-order valence-corrected chi connectivity index (χ4v) is 1.47. The van der Waals surface area contributed by atoms with Crippen molar-refractivity contribution in [2.75, 3.05) is 17.7 Å². The van der Waals surface area contributed by atoms with E-state index in [0.717, 1.165) is 5.56 Å². The van der Waals surface area contributed by atoms with Gasteiger partial charge in [0, 0.05) is 6.07 Å². The molecule has 0 saturated carbocycles. The SMILES string of the molecule is COc1ccc(C)cc1NC(=O)Nc1ccon1. The summed E-state index contributed by atoms with van der Waals surface area (Å²) in [5, 5.41) is 8.79. The second kappa shape index (κ2) is 5.22. The first-order valence-corrected chi connectivity index (χ1v) is 5.32. The van der Waals surface area contributed by atoms with Crippen LogP contribution in [0.5, 0.6) is 5.75 Å². The third kappa shape index (κ3) is 2.79. The molecule has 6 heteroatoms. The lowest BCUT2D eigenvalue weighted by Gasteiger charge is -2.10. The summed E-state index contributed by atoms with van der Waals surface area (Å²) in [6.07, 6.45) is 1.38. The number of methoxy groups -OCH3 is 1. The number of rotatable bonds is 3. The van der Waals surface area contributed by atoms with E-state index < -0.39 is 6.03 Å². The number of nitrogens with zero attached hydrogens (tertiary/aromatic N) is 1. The average molecular weight is 247 g/mol. The van der Waals surface area contributed by atoms with Crippen LogP contribution in [0.2, 0.25) is 0 Å². The molecule has 0 aliphatic heterocycles. The molecule has 0 fully saturated rings. The van der Waals surface area contributed by atoms with Crippen LogP contribution in [0.25, 0.3) is 0 Å². The zero-order valence-corrected chi connectivity index (χ0v) is 10.1. The summed E-state index contributed by atoms with van der Waals surface area (Å²) in [7, 11) is 1.55. The molecule has 0 spiro atoms. The van der Waals surface area contributed by atoms with Gasteiger partial charge < -0.3 is 14.6 Å². The van der Waals surface area contributed by atoms with Gasteiger partial charge in [-0.1, -0.05) is 11.2 Å². The van der Waals surface area contributed by atoms with E-state index in [1.165, 1.54) is 6.26 Å². The van der Waals surface area contributed by atoms with Crippen molar-refractivity contribution in [3.63, 3.8) is 0 Å². The standard InChI is InChI=1S/C12H13N3O3/c1-8-3-4-10(17-2)9(7-8)13-12(16)14-11-5-6-18-15-11/h3-7H,1-2H3,(H2,13,14,15,16). The van der Waals surface area contributed by atoms with Crippen molar-refractivity contribution in [2.45, 2.75) is 6.92 Å². The summed E-state index contributed by atoms with van der Waals surface area (Å²) in [6, 6.07) is 6.65. The maximum atomic E-state index is 11.7. The van der Waals surface area contributed by atoms with Crippen LogP contribution >= 0.6 is 0 Å². The van der Waals surface area contributed by atoms with Crippen LogP contribution in [-0.4, -0.2) is 18.3 Å². The van der Waals surface area contributed by atoms with Crippen LogP contribution in [0.1, 0.15) is 5.56 Å². The second-order valence-electron chi connectivity index (χ2n) is 3.67. The van der Waals surface area contributed by atoms with Crippen LogP contribution in [-0.2, 0) is 0 Å². The number of aromatic nitrogens is 1. The predicted molar refractivity (Wildman–Crippen MR) is 66.9 cm³/mol. The van der Waals surface area contributed by atoms with Crippen molar-refractivity contribution in [3.05, 3.63) is 36.1 Å². The number of aryl methyl sites for hydroxylation is 1. The Hall–Kier alpha value is -2.50. The minimum atomic E-state index is -0.409. The maximum absolute atomic E-state index is 11.7. The molecular weight excluding hydrogens is 234 g/mol. The Bertz CT molecular complexity index is 538. The third-order valence-electron chi connectivity index (χ3n) is 2.28. The Morgan fingerprint density at radius 1 is 1.33 bits per heavy atom. The molecule has 0 aliphatic carbocycles. The third-order valence-corrected chi connectivity index (χ3v) is 2.28. The average Bonchev–Trinajstić information content (AvgIpc) is 2.82. The summed E-state index contributed by atoms with van der Waals surface area (Å²) >= 11 is 0. The summed E-state index contributed by atoms with van der Waals surface area (Å²) in [6.45, 7) is 1.93. The van der Waals surface area contributed by atoms with E-state index in [1.807, 2.05) is 19.1 Å². The maximum Gasteiger partial charge on any atom is 0.325 e. The number of anilines is 2. The lowest BCUT2D eigenvalue weighted by atomic mass is 10.2. The summed E-state index contributed by atoms with van der Waals surface area (Å²) < 4.78 is 9.77. The minimum absolute atomic E-state index is 0.346. The molecule has 1 aromatic heterocycles. The van der Waals surface area contributed by atoms with Crippen LogP contribution in [0.15, 0.2) is 35.1 Å². The zero-order valence-electron chi connectivity index (χ0n) is 10.1. The van der Waals surface area contributed by atoms with Gasteiger partial charge in [-0.2, -0.15) is 0 Å². The lowest BCUT2D eigenvalue weighted by Crippen LogP contribution is -2.20. The highest BCUT2D eigenvalue weighted by Gasteiger charge is 2.08. The van der Waals surface area contributed by atoms with Gasteiger partial charge >= 0.3 is 6.03 Å². The molecule has 2 N–H and O–H groups in total. The van der Waals surface area contributed by atoms with Crippen molar-refractivity contribution >= 4 is 17.5 Å². The van der Waals surface area contributed by atoms with Gasteiger partial charge in [0.2, 0.25) is 0 Å². The number of benzene rings is 1. The Kier molecular flexibility index (Phi) is 3.47. The number of hydrogen-bond donors (Lipinski definition) is 2. The number of ether oxygens (including phenoxy) is 1. The molecule has 0 radical (unpaired) electrons. The van der Waals surface area contributed by atoms with E-state index in [4.69, 9.17) is 4.74 Å². The Balaban J connectivity index is 2.08. The van der Waals surface area contributed by atoms with Crippen molar-refractivity contribution in [1.29, 1.82) is 0 Å². The van der Waals surface area contributed by atoms with Gasteiger partial charge in [0.1, 0.15) is 12.0 Å². The smallest absolute Gasteiger partial charge is 0.325 e. The number of amides is 2. The molecule has 0 aliphatic rings. The monoisotopic (exact) mass is 247 g/mol. The summed E-state index contributed by atoms with van der Waals surface area (Å²) in [5.74, 6) is 0.940. The van der Waals surface area contributed by atoms with Crippen molar-refractivity contribution in [2.24, 2.45) is 0 Å². The molecule has 2 amide bonds. The Morgan fingerprint density at radius 3 is 2.83 bits per heavy atom.